The molecule has 1 aliphatic heterocycles. The molecular formula is C18H19N7OS. The number of hydrogen-bond donors (Lipinski definition) is 0. The second kappa shape index (κ2) is 6.75. The highest BCUT2D eigenvalue weighted by Gasteiger charge is 2.25. The molecular weight excluding hydrogens is 362 g/mol. The Morgan fingerprint density at radius 1 is 1.26 bits per heavy atom. The van der Waals surface area contributed by atoms with Crippen molar-refractivity contribution >= 4 is 22.8 Å². The minimum atomic E-state index is -0.00574. The van der Waals surface area contributed by atoms with Crippen molar-refractivity contribution in [2.75, 3.05) is 24.6 Å². The molecule has 0 radical (unpaired) electrons. The van der Waals surface area contributed by atoms with Gasteiger partial charge in [-0.1, -0.05) is 0 Å². The summed E-state index contributed by atoms with van der Waals surface area (Å²) >= 11 is 1.64. The standard InChI is InChI=1S/C18H19N7OS/c1-2-24-10-14(9-19-24)15-11-23(6-7-26-15)17-4-3-16-20-21-18(25(16)22-17)13-5-8-27-12-13/h3-5,8-10,12,15H,2,6-7,11H2,1H3. The first-order chi connectivity index (χ1) is 13.3. The Labute approximate surface area is 160 Å². The number of rotatable bonds is 4. The maximum atomic E-state index is 5.98. The molecule has 138 valence electrons. The third-order valence-electron chi connectivity index (χ3n) is 4.77. The van der Waals surface area contributed by atoms with Crippen LogP contribution in [0.3, 0.4) is 0 Å². The van der Waals surface area contributed by atoms with E-state index in [4.69, 9.17) is 9.84 Å². The molecule has 1 saturated heterocycles. The van der Waals surface area contributed by atoms with Crippen LogP contribution < -0.4 is 4.90 Å². The van der Waals surface area contributed by atoms with E-state index in [1.807, 2.05) is 39.0 Å². The van der Waals surface area contributed by atoms with Crippen LogP contribution in [0.25, 0.3) is 17.0 Å². The van der Waals surface area contributed by atoms with Crippen molar-refractivity contribution in [1.82, 2.24) is 29.6 Å². The number of aryl methyl sites for hydroxylation is 1. The largest absolute Gasteiger partial charge is 0.370 e. The lowest BCUT2D eigenvalue weighted by Crippen LogP contribution is -2.39. The molecule has 5 rings (SSSR count). The number of anilines is 1. The van der Waals surface area contributed by atoms with Crippen LogP contribution in [0, 0.1) is 0 Å². The van der Waals surface area contributed by atoms with Crippen LogP contribution in [0.4, 0.5) is 5.82 Å². The van der Waals surface area contributed by atoms with E-state index in [0.29, 0.717) is 6.61 Å². The molecule has 4 aromatic heterocycles. The lowest BCUT2D eigenvalue weighted by molar-refractivity contribution is 0.0394. The van der Waals surface area contributed by atoms with Gasteiger partial charge in [0.2, 0.25) is 0 Å². The third-order valence-corrected chi connectivity index (χ3v) is 5.45. The topological polar surface area (TPSA) is 73.4 Å². The second-order valence-corrected chi connectivity index (χ2v) is 7.21. The van der Waals surface area contributed by atoms with Crippen LogP contribution in [0.5, 0.6) is 0 Å². The van der Waals surface area contributed by atoms with E-state index in [2.05, 4.69) is 38.7 Å². The molecule has 0 bridgehead atoms. The zero-order valence-corrected chi connectivity index (χ0v) is 15.7. The predicted molar refractivity (Wildman–Crippen MR) is 103 cm³/mol. The van der Waals surface area contributed by atoms with E-state index in [1.165, 1.54) is 0 Å². The van der Waals surface area contributed by atoms with Crippen LogP contribution in [0.15, 0.2) is 41.4 Å². The van der Waals surface area contributed by atoms with Crippen LogP contribution in [0.1, 0.15) is 18.6 Å². The number of hydrogen-bond acceptors (Lipinski definition) is 7. The number of nitrogens with zero attached hydrogens (tertiary/aromatic N) is 7. The van der Waals surface area contributed by atoms with E-state index >= 15 is 0 Å². The molecule has 0 amide bonds. The summed E-state index contributed by atoms with van der Waals surface area (Å²) in [6.45, 7) is 5.12. The number of morpholine rings is 1. The molecule has 1 unspecified atom stereocenters. The van der Waals surface area contributed by atoms with Crippen molar-refractivity contribution < 1.29 is 4.74 Å². The number of fused-ring (bicyclic) bond motifs is 1. The second-order valence-electron chi connectivity index (χ2n) is 6.43. The fraction of sp³-hybridized carbons (Fsp3) is 0.333. The highest BCUT2D eigenvalue weighted by Crippen LogP contribution is 2.26. The van der Waals surface area contributed by atoms with Crippen LogP contribution in [-0.4, -0.2) is 49.3 Å². The van der Waals surface area contributed by atoms with Gasteiger partial charge in [-0.05, 0) is 30.5 Å². The minimum Gasteiger partial charge on any atom is -0.370 e. The normalized spacial score (nSPS) is 17.7. The predicted octanol–water partition coefficient (Wildman–Crippen LogP) is 2.65. The summed E-state index contributed by atoms with van der Waals surface area (Å²) in [6, 6.07) is 6.00. The van der Waals surface area contributed by atoms with Gasteiger partial charge in [-0.3, -0.25) is 4.68 Å². The molecule has 8 nitrogen and oxygen atoms in total. The molecule has 0 saturated carbocycles. The van der Waals surface area contributed by atoms with Crippen molar-refractivity contribution in [2.45, 2.75) is 19.6 Å². The molecule has 1 aliphatic rings. The van der Waals surface area contributed by atoms with Crippen LogP contribution in [-0.2, 0) is 11.3 Å². The first-order valence-electron chi connectivity index (χ1n) is 8.96. The monoisotopic (exact) mass is 381 g/mol. The van der Waals surface area contributed by atoms with E-state index < -0.39 is 0 Å². The van der Waals surface area contributed by atoms with Gasteiger partial charge >= 0.3 is 0 Å². The van der Waals surface area contributed by atoms with Crippen molar-refractivity contribution in [1.29, 1.82) is 0 Å². The molecule has 0 aromatic carbocycles. The minimum absolute atomic E-state index is 0.00574. The Hall–Kier alpha value is -2.78. The molecule has 27 heavy (non-hydrogen) atoms. The summed E-state index contributed by atoms with van der Waals surface area (Å²) in [5, 5.41) is 21.8. The van der Waals surface area contributed by atoms with Crippen LogP contribution >= 0.6 is 11.3 Å². The fourth-order valence-corrected chi connectivity index (χ4v) is 3.93. The Bertz CT molecular complexity index is 1050. The molecule has 0 N–H and O–H groups in total. The van der Waals surface area contributed by atoms with Crippen molar-refractivity contribution in [3.8, 4) is 11.4 Å². The van der Waals surface area contributed by atoms with E-state index in [-0.39, 0.29) is 6.10 Å². The molecule has 0 aliphatic carbocycles. The maximum absolute atomic E-state index is 5.98. The third kappa shape index (κ3) is 2.98. The van der Waals surface area contributed by atoms with Crippen molar-refractivity contribution in [3.63, 3.8) is 0 Å². The molecule has 9 heteroatoms. The zero-order valence-electron chi connectivity index (χ0n) is 14.9. The Kier molecular flexibility index (Phi) is 4.10. The summed E-state index contributed by atoms with van der Waals surface area (Å²) < 4.78 is 9.72. The molecule has 1 atom stereocenters. The zero-order chi connectivity index (χ0) is 18.2. The first-order valence-corrected chi connectivity index (χ1v) is 9.90. The van der Waals surface area contributed by atoms with Gasteiger partial charge in [0.25, 0.3) is 0 Å². The van der Waals surface area contributed by atoms with E-state index in [0.717, 1.165) is 48.1 Å². The SMILES string of the molecule is CCn1cc(C2CN(c3ccc4nnc(-c5ccsc5)n4n3)CCO2)cn1. The molecule has 1 fully saturated rings. The van der Waals surface area contributed by atoms with Gasteiger partial charge in [-0.2, -0.15) is 21.0 Å². The Morgan fingerprint density at radius 3 is 3.04 bits per heavy atom. The lowest BCUT2D eigenvalue weighted by Gasteiger charge is -2.33. The van der Waals surface area contributed by atoms with Crippen molar-refractivity contribution in [3.05, 3.63) is 46.9 Å². The summed E-state index contributed by atoms with van der Waals surface area (Å²) in [5.74, 6) is 1.66. The fourth-order valence-electron chi connectivity index (χ4n) is 3.30. The smallest absolute Gasteiger partial charge is 0.186 e. The first kappa shape index (κ1) is 16.4. The average Bonchev–Trinajstić information content (AvgIpc) is 3.47. The van der Waals surface area contributed by atoms with Gasteiger partial charge in [0.15, 0.2) is 11.5 Å². The van der Waals surface area contributed by atoms with Gasteiger partial charge in [0.1, 0.15) is 11.9 Å². The summed E-state index contributed by atoms with van der Waals surface area (Å²) in [6.07, 6.45) is 3.94. The Balaban J connectivity index is 1.45. The quantitative estimate of drug-likeness (QED) is 0.541. The highest BCUT2D eigenvalue weighted by molar-refractivity contribution is 7.08. The summed E-state index contributed by atoms with van der Waals surface area (Å²) in [4.78, 5) is 2.24. The Morgan fingerprint density at radius 2 is 2.22 bits per heavy atom. The lowest BCUT2D eigenvalue weighted by atomic mass is 10.1. The molecule has 0 spiro atoms. The van der Waals surface area contributed by atoms with E-state index in [1.54, 1.807) is 11.3 Å². The highest BCUT2D eigenvalue weighted by atomic mass is 32.1. The average molecular weight is 381 g/mol. The van der Waals surface area contributed by atoms with Crippen LogP contribution in [0.2, 0.25) is 0 Å². The number of ether oxygens (including phenoxy) is 1. The van der Waals surface area contributed by atoms with Gasteiger partial charge in [-0.15, -0.1) is 15.3 Å². The van der Waals surface area contributed by atoms with E-state index in [9.17, 15) is 0 Å². The van der Waals surface area contributed by atoms with Gasteiger partial charge < -0.3 is 9.64 Å². The summed E-state index contributed by atoms with van der Waals surface area (Å²) in [7, 11) is 0. The molecule has 4 aromatic rings. The van der Waals surface area contributed by atoms with Crippen molar-refractivity contribution in [2.24, 2.45) is 0 Å². The van der Waals surface area contributed by atoms with Gasteiger partial charge in [0, 0.05) is 35.8 Å². The maximum Gasteiger partial charge on any atom is 0.186 e. The summed E-state index contributed by atoms with van der Waals surface area (Å²) in [5.41, 5.74) is 2.88. The molecule has 5 heterocycles. The van der Waals surface area contributed by atoms with Gasteiger partial charge in [0.05, 0.1) is 19.3 Å². The number of thiophene rings is 1. The number of aromatic nitrogens is 6. The van der Waals surface area contributed by atoms with Gasteiger partial charge in [-0.25, -0.2) is 0 Å².